The lowest BCUT2D eigenvalue weighted by Crippen LogP contribution is -2.37. The molecule has 4 rings (SSSR count). The van der Waals surface area contributed by atoms with Crippen LogP contribution in [0.5, 0.6) is 0 Å². The van der Waals surface area contributed by atoms with Crippen molar-refractivity contribution in [3.8, 4) is 0 Å². The van der Waals surface area contributed by atoms with E-state index in [4.69, 9.17) is 0 Å². The number of benzene rings is 1. The van der Waals surface area contributed by atoms with E-state index < -0.39 is 0 Å². The zero-order chi connectivity index (χ0) is 17.9. The molecule has 140 valence electrons. The van der Waals surface area contributed by atoms with Crippen molar-refractivity contribution in [2.75, 3.05) is 39.3 Å². The topological polar surface area (TPSA) is 39.6 Å². The van der Waals surface area contributed by atoms with Crippen LogP contribution in [-0.2, 0) is 6.54 Å². The largest absolute Gasteiger partial charge is 0.396 e. The minimum Gasteiger partial charge on any atom is -0.396 e. The van der Waals surface area contributed by atoms with E-state index in [1.807, 2.05) is 18.2 Å². The molecule has 3 heterocycles. The van der Waals surface area contributed by atoms with E-state index in [-0.39, 0.29) is 12.4 Å². The fraction of sp³-hybridized carbons (Fsp3) is 0.571. The number of pyridine rings is 1. The second kappa shape index (κ2) is 7.99. The summed E-state index contributed by atoms with van der Waals surface area (Å²) in [7, 11) is 0. The van der Waals surface area contributed by atoms with Crippen molar-refractivity contribution >= 4 is 10.9 Å². The molecule has 1 N–H and O–H groups in total. The predicted molar refractivity (Wildman–Crippen MR) is 101 cm³/mol. The minimum atomic E-state index is -0.262. The van der Waals surface area contributed by atoms with Crippen molar-refractivity contribution in [1.82, 2.24) is 14.8 Å². The van der Waals surface area contributed by atoms with Crippen molar-refractivity contribution in [2.24, 2.45) is 11.8 Å². The van der Waals surface area contributed by atoms with Gasteiger partial charge in [-0.25, -0.2) is 9.37 Å². The molecule has 2 aromatic rings. The van der Waals surface area contributed by atoms with Crippen molar-refractivity contribution in [2.45, 2.75) is 25.8 Å². The van der Waals surface area contributed by atoms with Crippen molar-refractivity contribution in [3.05, 3.63) is 41.8 Å². The molecule has 0 radical (unpaired) electrons. The number of hydrogen-bond acceptors (Lipinski definition) is 4. The lowest BCUT2D eigenvalue weighted by molar-refractivity contribution is 0.149. The summed E-state index contributed by atoms with van der Waals surface area (Å²) in [5.41, 5.74) is 1.35. The summed E-state index contributed by atoms with van der Waals surface area (Å²) in [6, 6.07) is 9.02. The number of para-hydroxylation sites is 1. The number of aliphatic hydroxyl groups is 1. The smallest absolute Gasteiger partial charge is 0.149 e. The van der Waals surface area contributed by atoms with Gasteiger partial charge in [-0.3, -0.25) is 4.90 Å². The van der Waals surface area contributed by atoms with Crippen molar-refractivity contribution < 1.29 is 9.50 Å². The minimum absolute atomic E-state index is 0.245. The van der Waals surface area contributed by atoms with Gasteiger partial charge in [0.1, 0.15) is 11.3 Å². The number of hydrogen-bond donors (Lipinski definition) is 1. The van der Waals surface area contributed by atoms with Crippen LogP contribution in [0, 0.1) is 17.7 Å². The normalized spacial score (nSPS) is 25.2. The van der Waals surface area contributed by atoms with Gasteiger partial charge in [0.05, 0.1) is 5.69 Å². The highest BCUT2D eigenvalue weighted by molar-refractivity contribution is 5.79. The lowest BCUT2D eigenvalue weighted by atomic mass is 9.95. The molecule has 0 amide bonds. The fourth-order valence-corrected chi connectivity index (χ4v) is 4.52. The molecule has 0 saturated carbocycles. The number of nitrogens with zero attached hydrogens (tertiary/aromatic N) is 3. The lowest BCUT2D eigenvalue weighted by Gasteiger charge is -2.30. The molecule has 2 fully saturated rings. The summed E-state index contributed by atoms with van der Waals surface area (Å²) in [6.45, 7) is 6.32. The average Bonchev–Trinajstić information content (AvgIpc) is 3.04. The first-order valence-corrected chi connectivity index (χ1v) is 9.82. The number of rotatable bonds is 5. The Morgan fingerprint density at radius 2 is 1.81 bits per heavy atom. The number of aliphatic hydroxyl groups excluding tert-OH is 1. The van der Waals surface area contributed by atoms with Gasteiger partial charge in [-0.05, 0) is 49.9 Å². The summed E-state index contributed by atoms with van der Waals surface area (Å²) in [4.78, 5) is 9.47. The summed E-state index contributed by atoms with van der Waals surface area (Å²) >= 11 is 0. The standard InChI is InChI=1S/C21H28FN3O/c22-20-6-4-5-16-7-8-19(23-21(16)20)14-25-12-17(18(13-25)15-26)11-24-9-2-1-3-10-24/h4-8,17-18,26H,1-3,9-15H2/t17-,18-/m1/s1. The summed E-state index contributed by atoms with van der Waals surface area (Å²) in [5, 5.41) is 10.7. The van der Waals surface area contributed by atoms with Crippen molar-refractivity contribution in [3.63, 3.8) is 0 Å². The predicted octanol–water partition coefficient (Wildman–Crippen LogP) is 2.90. The molecule has 0 bridgehead atoms. The van der Waals surface area contributed by atoms with Crippen molar-refractivity contribution in [1.29, 1.82) is 0 Å². The highest BCUT2D eigenvalue weighted by Crippen LogP contribution is 2.27. The molecule has 0 unspecified atom stereocenters. The maximum Gasteiger partial charge on any atom is 0.149 e. The summed E-state index contributed by atoms with van der Waals surface area (Å²) in [6.07, 6.45) is 3.94. The Morgan fingerprint density at radius 3 is 2.62 bits per heavy atom. The zero-order valence-corrected chi connectivity index (χ0v) is 15.3. The third-order valence-electron chi connectivity index (χ3n) is 5.94. The van der Waals surface area contributed by atoms with E-state index in [0.717, 1.165) is 37.3 Å². The highest BCUT2D eigenvalue weighted by Gasteiger charge is 2.33. The molecule has 4 nitrogen and oxygen atoms in total. The quantitative estimate of drug-likeness (QED) is 0.893. The van der Waals surface area contributed by atoms with Crippen LogP contribution < -0.4 is 0 Å². The number of fused-ring (bicyclic) bond motifs is 1. The SMILES string of the molecule is OC[C@H]1CN(Cc2ccc3cccc(F)c3n2)C[C@H]1CN1CCCCC1. The van der Waals surface area contributed by atoms with E-state index in [2.05, 4.69) is 14.8 Å². The Balaban J connectivity index is 1.42. The Hall–Kier alpha value is -1.56. The summed E-state index contributed by atoms with van der Waals surface area (Å²) in [5.74, 6) is 0.575. The maximum atomic E-state index is 14.0. The van der Waals surface area contributed by atoms with Crippen LogP contribution in [0.2, 0.25) is 0 Å². The van der Waals surface area contributed by atoms with Gasteiger partial charge in [0.25, 0.3) is 0 Å². The molecule has 2 atom stereocenters. The first-order chi connectivity index (χ1) is 12.7. The van der Waals surface area contributed by atoms with Crippen LogP contribution in [0.4, 0.5) is 4.39 Å². The van der Waals surface area contributed by atoms with Gasteiger partial charge in [-0.15, -0.1) is 0 Å². The molecule has 5 heteroatoms. The van der Waals surface area contributed by atoms with Crippen LogP contribution in [0.3, 0.4) is 0 Å². The van der Waals surface area contributed by atoms with Crippen LogP contribution in [0.1, 0.15) is 25.0 Å². The Labute approximate surface area is 154 Å². The van der Waals surface area contributed by atoms with Gasteiger partial charge in [0.2, 0.25) is 0 Å². The van der Waals surface area contributed by atoms with Gasteiger partial charge in [0, 0.05) is 38.2 Å². The molecule has 26 heavy (non-hydrogen) atoms. The molecule has 1 aromatic heterocycles. The third kappa shape index (κ3) is 3.90. The number of halogens is 1. The molecule has 0 spiro atoms. The van der Waals surface area contributed by atoms with Gasteiger partial charge in [-0.1, -0.05) is 24.6 Å². The Bertz CT molecular complexity index is 747. The van der Waals surface area contributed by atoms with Crippen LogP contribution in [0.15, 0.2) is 30.3 Å². The zero-order valence-electron chi connectivity index (χ0n) is 15.3. The molecule has 0 aliphatic carbocycles. The van der Waals surface area contributed by atoms with Gasteiger partial charge in [0.15, 0.2) is 0 Å². The molecule has 2 saturated heterocycles. The van der Waals surface area contributed by atoms with Crippen LogP contribution >= 0.6 is 0 Å². The number of piperidine rings is 1. The summed E-state index contributed by atoms with van der Waals surface area (Å²) < 4.78 is 14.0. The molecule has 1 aromatic carbocycles. The van der Waals surface area contributed by atoms with E-state index >= 15 is 0 Å². The molecular formula is C21H28FN3O. The monoisotopic (exact) mass is 357 g/mol. The average molecular weight is 357 g/mol. The van der Waals surface area contributed by atoms with Crippen LogP contribution in [0.25, 0.3) is 10.9 Å². The van der Waals surface area contributed by atoms with Crippen LogP contribution in [-0.4, -0.2) is 59.2 Å². The van der Waals surface area contributed by atoms with E-state index in [1.165, 1.54) is 38.4 Å². The second-order valence-corrected chi connectivity index (χ2v) is 7.87. The van der Waals surface area contributed by atoms with Gasteiger partial charge < -0.3 is 10.0 Å². The maximum absolute atomic E-state index is 14.0. The first kappa shape index (κ1) is 17.8. The Kier molecular flexibility index (Phi) is 5.48. The fourth-order valence-electron chi connectivity index (χ4n) is 4.52. The van der Waals surface area contributed by atoms with Gasteiger partial charge in [-0.2, -0.15) is 0 Å². The van der Waals surface area contributed by atoms with E-state index in [0.29, 0.717) is 17.4 Å². The van der Waals surface area contributed by atoms with E-state index in [1.54, 1.807) is 6.07 Å². The Morgan fingerprint density at radius 1 is 1.00 bits per heavy atom. The number of aromatic nitrogens is 1. The number of likely N-dealkylation sites (tertiary alicyclic amines) is 2. The highest BCUT2D eigenvalue weighted by atomic mass is 19.1. The molecular weight excluding hydrogens is 329 g/mol. The van der Waals surface area contributed by atoms with Gasteiger partial charge >= 0.3 is 0 Å². The van der Waals surface area contributed by atoms with E-state index in [9.17, 15) is 9.50 Å². The molecule has 2 aliphatic heterocycles. The third-order valence-corrected chi connectivity index (χ3v) is 5.94. The molecule has 2 aliphatic rings. The second-order valence-electron chi connectivity index (χ2n) is 7.87. The first-order valence-electron chi connectivity index (χ1n) is 9.82.